The van der Waals surface area contributed by atoms with Crippen LogP contribution in [0.4, 0.5) is 10.5 Å². The summed E-state index contributed by atoms with van der Waals surface area (Å²) in [5, 5.41) is 2.75. The molecule has 2 aromatic rings. The van der Waals surface area contributed by atoms with E-state index in [1.165, 1.54) is 17.5 Å². The van der Waals surface area contributed by atoms with Crippen molar-refractivity contribution in [1.82, 2.24) is 0 Å². The molecule has 0 fully saturated rings. The summed E-state index contributed by atoms with van der Waals surface area (Å²) in [6.45, 7) is 5.55. The quantitative estimate of drug-likeness (QED) is 0.569. The van der Waals surface area contributed by atoms with E-state index in [1.807, 2.05) is 32.9 Å². The van der Waals surface area contributed by atoms with Crippen LogP contribution in [0.15, 0.2) is 53.0 Å². The third-order valence-electron chi connectivity index (χ3n) is 3.69. The van der Waals surface area contributed by atoms with Crippen LogP contribution in [0.25, 0.3) is 0 Å². The zero-order valence-corrected chi connectivity index (χ0v) is 16.7. The van der Waals surface area contributed by atoms with Gasteiger partial charge in [0.1, 0.15) is 5.60 Å². The molecule has 2 rings (SSSR count). The molecule has 0 aliphatic carbocycles. The summed E-state index contributed by atoms with van der Waals surface area (Å²) in [6, 6.07) is 16.5. The Morgan fingerprint density at radius 1 is 0.920 bits per heavy atom. The van der Waals surface area contributed by atoms with Gasteiger partial charge in [0.15, 0.2) is 0 Å². The van der Waals surface area contributed by atoms with Gasteiger partial charge in [0, 0.05) is 10.2 Å². The maximum Gasteiger partial charge on any atom is 0.412 e. The Hall–Kier alpha value is -1.81. The number of hydrogen-bond acceptors (Lipinski definition) is 2. The predicted molar refractivity (Wildman–Crippen MR) is 107 cm³/mol. The van der Waals surface area contributed by atoms with E-state index in [2.05, 4.69) is 57.6 Å². The fourth-order valence-corrected chi connectivity index (χ4v) is 2.75. The molecule has 0 aliphatic heterocycles. The van der Waals surface area contributed by atoms with Crippen LogP contribution in [0.3, 0.4) is 0 Å². The Balaban J connectivity index is 1.73. The van der Waals surface area contributed by atoms with Crippen LogP contribution in [0.5, 0.6) is 0 Å². The molecule has 0 aromatic heterocycles. The first kappa shape index (κ1) is 19.5. The largest absolute Gasteiger partial charge is 0.444 e. The topological polar surface area (TPSA) is 38.3 Å². The predicted octanol–water partition coefficient (Wildman–Crippen LogP) is 6.36. The SMILES string of the molecule is CC(C)(C)OC(=O)Nc1ccc(CCCCc2ccc(Br)cc2)cc1. The Morgan fingerprint density at radius 2 is 1.40 bits per heavy atom. The van der Waals surface area contributed by atoms with Gasteiger partial charge in [-0.3, -0.25) is 5.32 Å². The fraction of sp³-hybridized carbons (Fsp3) is 0.381. The van der Waals surface area contributed by atoms with E-state index in [1.54, 1.807) is 0 Å². The zero-order chi connectivity index (χ0) is 18.3. The Bertz CT molecular complexity index is 673. The molecule has 134 valence electrons. The lowest BCUT2D eigenvalue weighted by Crippen LogP contribution is -2.27. The number of benzene rings is 2. The second-order valence-electron chi connectivity index (χ2n) is 7.16. The lowest BCUT2D eigenvalue weighted by molar-refractivity contribution is 0.0636. The number of nitrogens with one attached hydrogen (secondary N) is 1. The molecule has 0 atom stereocenters. The number of ether oxygens (including phenoxy) is 1. The summed E-state index contributed by atoms with van der Waals surface area (Å²) in [7, 11) is 0. The van der Waals surface area contributed by atoms with Crippen LogP contribution in [-0.2, 0) is 17.6 Å². The summed E-state index contributed by atoms with van der Waals surface area (Å²) >= 11 is 3.46. The van der Waals surface area contributed by atoms with Crippen molar-refractivity contribution in [3.63, 3.8) is 0 Å². The summed E-state index contributed by atoms with van der Waals surface area (Å²) in [5.41, 5.74) is 2.93. The summed E-state index contributed by atoms with van der Waals surface area (Å²) < 4.78 is 6.37. The standard InChI is InChI=1S/C21H26BrNO2/c1-21(2,3)25-20(24)23-19-14-10-17(11-15-19)7-5-4-6-16-8-12-18(22)13-9-16/h8-15H,4-7H2,1-3H3,(H,23,24). The van der Waals surface area contributed by atoms with Gasteiger partial charge >= 0.3 is 6.09 Å². The number of anilines is 1. The second kappa shape index (κ2) is 9.04. The third kappa shape index (κ3) is 7.74. The molecule has 2 aromatic carbocycles. The van der Waals surface area contributed by atoms with E-state index < -0.39 is 11.7 Å². The monoisotopic (exact) mass is 403 g/mol. The van der Waals surface area contributed by atoms with Gasteiger partial charge in [-0.15, -0.1) is 0 Å². The normalized spacial score (nSPS) is 11.2. The molecule has 0 heterocycles. The number of aryl methyl sites for hydroxylation is 2. The third-order valence-corrected chi connectivity index (χ3v) is 4.22. The molecule has 1 amide bonds. The minimum absolute atomic E-state index is 0.422. The number of amides is 1. The van der Waals surface area contributed by atoms with Crippen molar-refractivity contribution in [1.29, 1.82) is 0 Å². The first-order valence-electron chi connectivity index (χ1n) is 8.65. The Morgan fingerprint density at radius 3 is 1.88 bits per heavy atom. The van der Waals surface area contributed by atoms with Crippen LogP contribution in [-0.4, -0.2) is 11.7 Å². The molecular formula is C21H26BrNO2. The van der Waals surface area contributed by atoms with Gasteiger partial charge in [-0.05, 0) is 81.8 Å². The van der Waals surface area contributed by atoms with Crippen molar-refractivity contribution in [2.24, 2.45) is 0 Å². The van der Waals surface area contributed by atoms with Crippen molar-refractivity contribution in [2.75, 3.05) is 5.32 Å². The fourth-order valence-electron chi connectivity index (χ4n) is 2.49. The molecule has 3 nitrogen and oxygen atoms in total. The number of hydrogen-bond donors (Lipinski definition) is 1. The number of unbranched alkanes of at least 4 members (excludes halogenated alkanes) is 1. The van der Waals surface area contributed by atoms with Crippen LogP contribution >= 0.6 is 15.9 Å². The smallest absolute Gasteiger partial charge is 0.412 e. The van der Waals surface area contributed by atoms with Crippen LogP contribution < -0.4 is 5.32 Å². The number of carbonyl (C=O) groups is 1. The van der Waals surface area contributed by atoms with Gasteiger partial charge in [0.25, 0.3) is 0 Å². The molecule has 4 heteroatoms. The molecule has 0 bridgehead atoms. The summed E-state index contributed by atoms with van der Waals surface area (Å²) in [6.07, 6.45) is 4.04. The minimum Gasteiger partial charge on any atom is -0.444 e. The van der Waals surface area contributed by atoms with E-state index >= 15 is 0 Å². The first-order valence-corrected chi connectivity index (χ1v) is 9.44. The zero-order valence-electron chi connectivity index (χ0n) is 15.1. The lowest BCUT2D eigenvalue weighted by atomic mass is 10.0. The van der Waals surface area contributed by atoms with Crippen LogP contribution in [0.2, 0.25) is 0 Å². The van der Waals surface area contributed by atoms with Crippen LogP contribution in [0.1, 0.15) is 44.7 Å². The average molecular weight is 404 g/mol. The van der Waals surface area contributed by atoms with Gasteiger partial charge in [-0.1, -0.05) is 40.2 Å². The maximum absolute atomic E-state index is 11.7. The van der Waals surface area contributed by atoms with Gasteiger partial charge in [-0.25, -0.2) is 4.79 Å². The molecule has 0 spiro atoms. The van der Waals surface area contributed by atoms with Gasteiger partial charge < -0.3 is 4.74 Å². The highest BCUT2D eigenvalue weighted by Gasteiger charge is 2.15. The molecule has 0 saturated carbocycles. The molecule has 0 saturated heterocycles. The minimum atomic E-state index is -0.487. The summed E-state index contributed by atoms with van der Waals surface area (Å²) in [5.74, 6) is 0. The van der Waals surface area contributed by atoms with E-state index in [4.69, 9.17) is 4.74 Å². The summed E-state index contributed by atoms with van der Waals surface area (Å²) in [4.78, 5) is 11.7. The maximum atomic E-state index is 11.7. The highest BCUT2D eigenvalue weighted by Crippen LogP contribution is 2.16. The molecule has 0 radical (unpaired) electrons. The van der Waals surface area contributed by atoms with Crippen molar-refractivity contribution < 1.29 is 9.53 Å². The lowest BCUT2D eigenvalue weighted by Gasteiger charge is -2.19. The van der Waals surface area contributed by atoms with Crippen molar-refractivity contribution in [3.8, 4) is 0 Å². The average Bonchev–Trinajstić information content (AvgIpc) is 2.53. The van der Waals surface area contributed by atoms with Gasteiger partial charge in [0.05, 0.1) is 0 Å². The first-order chi connectivity index (χ1) is 11.8. The van der Waals surface area contributed by atoms with Crippen molar-refractivity contribution in [3.05, 3.63) is 64.1 Å². The van der Waals surface area contributed by atoms with E-state index in [9.17, 15) is 4.79 Å². The van der Waals surface area contributed by atoms with E-state index in [-0.39, 0.29) is 0 Å². The molecule has 0 aliphatic rings. The van der Waals surface area contributed by atoms with Crippen molar-refractivity contribution in [2.45, 2.75) is 52.1 Å². The Labute approximate surface area is 158 Å². The highest BCUT2D eigenvalue weighted by molar-refractivity contribution is 9.10. The van der Waals surface area contributed by atoms with E-state index in [0.29, 0.717) is 0 Å². The number of rotatable bonds is 6. The second-order valence-corrected chi connectivity index (χ2v) is 8.07. The van der Waals surface area contributed by atoms with E-state index in [0.717, 1.165) is 29.4 Å². The molecule has 0 unspecified atom stereocenters. The van der Waals surface area contributed by atoms with Crippen molar-refractivity contribution >= 4 is 27.7 Å². The number of carbonyl (C=O) groups excluding carboxylic acids is 1. The van der Waals surface area contributed by atoms with Gasteiger partial charge in [0.2, 0.25) is 0 Å². The van der Waals surface area contributed by atoms with Crippen LogP contribution in [0, 0.1) is 0 Å². The Kier molecular flexibility index (Phi) is 7.06. The highest BCUT2D eigenvalue weighted by atomic mass is 79.9. The van der Waals surface area contributed by atoms with Gasteiger partial charge in [-0.2, -0.15) is 0 Å². The molecule has 1 N–H and O–H groups in total. The molecule has 25 heavy (non-hydrogen) atoms. The number of halogens is 1. The molecular weight excluding hydrogens is 378 g/mol.